The molecule has 0 radical (unpaired) electrons. The SMILES string of the molecule is CC(C)CNC(=O)CNC(=O)C1CNCc2ccccc21. The summed E-state index contributed by atoms with van der Waals surface area (Å²) in [5.41, 5.74) is 2.20. The first-order chi connectivity index (χ1) is 10.1. The topological polar surface area (TPSA) is 70.2 Å². The number of rotatable bonds is 5. The second-order valence-electron chi connectivity index (χ2n) is 5.80. The first-order valence-corrected chi connectivity index (χ1v) is 7.41. The zero-order valence-electron chi connectivity index (χ0n) is 12.6. The summed E-state index contributed by atoms with van der Waals surface area (Å²) in [5.74, 6) is -0.0737. The van der Waals surface area contributed by atoms with Gasteiger partial charge in [0.2, 0.25) is 11.8 Å². The second kappa shape index (κ2) is 7.22. The van der Waals surface area contributed by atoms with Gasteiger partial charge in [0.15, 0.2) is 0 Å². The minimum Gasteiger partial charge on any atom is -0.354 e. The average molecular weight is 289 g/mol. The normalized spacial score (nSPS) is 17.2. The highest BCUT2D eigenvalue weighted by molar-refractivity contribution is 5.89. The molecule has 3 N–H and O–H groups in total. The lowest BCUT2D eigenvalue weighted by atomic mass is 9.90. The van der Waals surface area contributed by atoms with Crippen LogP contribution in [0, 0.1) is 5.92 Å². The zero-order chi connectivity index (χ0) is 15.2. The Morgan fingerprint density at radius 1 is 1.29 bits per heavy atom. The Labute approximate surface area is 125 Å². The first kappa shape index (κ1) is 15.5. The van der Waals surface area contributed by atoms with Gasteiger partial charge in [0.25, 0.3) is 0 Å². The number of amides is 2. The molecule has 5 heteroatoms. The molecule has 0 aliphatic carbocycles. The van der Waals surface area contributed by atoms with Crippen LogP contribution in [0.1, 0.15) is 30.9 Å². The lowest BCUT2D eigenvalue weighted by Crippen LogP contribution is -2.43. The van der Waals surface area contributed by atoms with Gasteiger partial charge in [0.05, 0.1) is 12.5 Å². The Morgan fingerprint density at radius 3 is 2.81 bits per heavy atom. The van der Waals surface area contributed by atoms with E-state index < -0.39 is 0 Å². The van der Waals surface area contributed by atoms with E-state index in [0.29, 0.717) is 19.0 Å². The molecular formula is C16H23N3O2. The van der Waals surface area contributed by atoms with Crippen molar-refractivity contribution in [3.63, 3.8) is 0 Å². The molecule has 1 aromatic carbocycles. The summed E-state index contributed by atoms with van der Waals surface area (Å²) in [6.07, 6.45) is 0. The van der Waals surface area contributed by atoms with E-state index in [1.54, 1.807) is 0 Å². The van der Waals surface area contributed by atoms with Gasteiger partial charge in [-0.3, -0.25) is 9.59 Å². The Bertz CT molecular complexity index is 514. The predicted octanol–water partition coefficient (Wildman–Crippen LogP) is 0.762. The summed E-state index contributed by atoms with van der Waals surface area (Å²) in [7, 11) is 0. The van der Waals surface area contributed by atoms with Crippen LogP contribution in [0.15, 0.2) is 24.3 Å². The minimum atomic E-state index is -0.229. The highest BCUT2D eigenvalue weighted by atomic mass is 16.2. The fraction of sp³-hybridized carbons (Fsp3) is 0.500. The molecule has 1 atom stereocenters. The molecule has 1 heterocycles. The van der Waals surface area contributed by atoms with Crippen LogP contribution in [0.3, 0.4) is 0 Å². The summed E-state index contributed by atoms with van der Waals surface area (Å²) in [6.45, 7) is 6.12. The molecule has 2 rings (SSSR count). The van der Waals surface area contributed by atoms with Gasteiger partial charge in [-0.2, -0.15) is 0 Å². The summed E-state index contributed by atoms with van der Waals surface area (Å²) in [5, 5.41) is 8.75. The maximum Gasteiger partial charge on any atom is 0.239 e. The van der Waals surface area contributed by atoms with Crippen molar-refractivity contribution in [1.29, 1.82) is 0 Å². The summed E-state index contributed by atoms with van der Waals surface area (Å²) < 4.78 is 0. The van der Waals surface area contributed by atoms with Gasteiger partial charge in [-0.1, -0.05) is 38.1 Å². The third-order valence-corrected chi connectivity index (χ3v) is 3.54. The average Bonchev–Trinajstić information content (AvgIpc) is 2.50. The maximum atomic E-state index is 12.3. The van der Waals surface area contributed by atoms with E-state index in [2.05, 4.69) is 16.0 Å². The molecule has 0 aromatic heterocycles. The molecule has 21 heavy (non-hydrogen) atoms. The first-order valence-electron chi connectivity index (χ1n) is 7.41. The molecule has 0 saturated heterocycles. The van der Waals surface area contributed by atoms with E-state index in [0.717, 1.165) is 17.7 Å². The largest absolute Gasteiger partial charge is 0.354 e. The molecule has 0 spiro atoms. The van der Waals surface area contributed by atoms with Crippen molar-refractivity contribution in [3.8, 4) is 0 Å². The van der Waals surface area contributed by atoms with Crippen LogP contribution < -0.4 is 16.0 Å². The van der Waals surface area contributed by atoms with Crippen LogP contribution >= 0.6 is 0 Å². The number of hydrogen-bond acceptors (Lipinski definition) is 3. The Hall–Kier alpha value is -1.88. The van der Waals surface area contributed by atoms with Crippen LogP contribution in [0.25, 0.3) is 0 Å². The van der Waals surface area contributed by atoms with Crippen LogP contribution in [0.5, 0.6) is 0 Å². The highest BCUT2D eigenvalue weighted by Crippen LogP contribution is 2.23. The van der Waals surface area contributed by atoms with Gasteiger partial charge in [0.1, 0.15) is 0 Å². The van der Waals surface area contributed by atoms with Crippen LogP contribution in [0.2, 0.25) is 0 Å². The van der Waals surface area contributed by atoms with Crippen molar-refractivity contribution < 1.29 is 9.59 Å². The van der Waals surface area contributed by atoms with Gasteiger partial charge in [-0.15, -0.1) is 0 Å². The molecule has 2 amide bonds. The van der Waals surface area contributed by atoms with Crippen LogP contribution in [-0.2, 0) is 16.1 Å². The molecule has 0 fully saturated rings. The number of fused-ring (bicyclic) bond motifs is 1. The Morgan fingerprint density at radius 2 is 2.05 bits per heavy atom. The van der Waals surface area contributed by atoms with Crippen molar-refractivity contribution in [3.05, 3.63) is 35.4 Å². The lowest BCUT2D eigenvalue weighted by Gasteiger charge is -2.25. The third kappa shape index (κ3) is 4.29. The molecule has 1 aliphatic heterocycles. The number of hydrogen-bond donors (Lipinski definition) is 3. The van der Waals surface area contributed by atoms with Gasteiger partial charge < -0.3 is 16.0 Å². The van der Waals surface area contributed by atoms with E-state index in [1.165, 1.54) is 0 Å². The minimum absolute atomic E-state index is 0.0320. The summed E-state index contributed by atoms with van der Waals surface area (Å²) in [4.78, 5) is 23.9. The molecule has 0 saturated carbocycles. The Kier molecular flexibility index (Phi) is 5.33. The monoisotopic (exact) mass is 289 g/mol. The zero-order valence-corrected chi connectivity index (χ0v) is 12.6. The third-order valence-electron chi connectivity index (χ3n) is 3.54. The van der Waals surface area contributed by atoms with E-state index in [1.807, 2.05) is 38.1 Å². The molecule has 114 valence electrons. The number of carbonyl (C=O) groups excluding carboxylic acids is 2. The van der Waals surface area contributed by atoms with Gasteiger partial charge >= 0.3 is 0 Å². The summed E-state index contributed by atoms with van der Waals surface area (Å²) >= 11 is 0. The van der Waals surface area contributed by atoms with Crippen LogP contribution in [-0.4, -0.2) is 31.4 Å². The molecule has 0 bridgehead atoms. The highest BCUT2D eigenvalue weighted by Gasteiger charge is 2.26. The maximum absolute atomic E-state index is 12.3. The number of benzene rings is 1. The molecule has 1 aliphatic rings. The van der Waals surface area contributed by atoms with E-state index in [9.17, 15) is 9.59 Å². The quantitative estimate of drug-likeness (QED) is 0.749. The van der Waals surface area contributed by atoms with Crippen LogP contribution in [0.4, 0.5) is 0 Å². The summed E-state index contributed by atoms with van der Waals surface area (Å²) in [6, 6.07) is 7.93. The van der Waals surface area contributed by atoms with Crippen molar-refractivity contribution >= 4 is 11.8 Å². The molecular weight excluding hydrogens is 266 g/mol. The standard InChI is InChI=1S/C16H23N3O2/c1-11(2)7-18-15(20)10-19-16(21)14-9-17-8-12-5-3-4-6-13(12)14/h3-6,11,14,17H,7-10H2,1-2H3,(H,18,20)(H,19,21). The number of nitrogens with one attached hydrogen (secondary N) is 3. The van der Waals surface area contributed by atoms with E-state index in [-0.39, 0.29) is 24.3 Å². The van der Waals surface area contributed by atoms with Gasteiger partial charge in [-0.05, 0) is 17.0 Å². The van der Waals surface area contributed by atoms with Crippen molar-refractivity contribution in [2.45, 2.75) is 26.3 Å². The number of carbonyl (C=O) groups is 2. The molecule has 5 nitrogen and oxygen atoms in total. The van der Waals surface area contributed by atoms with E-state index >= 15 is 0 Å². The van der Waals surface area contributed by atoms with Crippen molar-refractivity contribution in [2.24, 2.45) is 5.92 Å². The van der Waals surface area contributed by atoms with Gasteiger partial charge in [0, 0.05) is 19.6 Å². The molecule has 1 aromatic rings. The Balaban J connectivity index is 1.88. The fourth-order valence-corrected chi connectivity index (χ4v) is 2.40. The predicted molar refractivity (Wildman–Crippen MR) is 81.7 cm³/mol. The van der Waals surface area contributed by atoms with Gasteiger partial charge in [-0.25, -0.2) is 0 Å². The lowest BCUT2D eigenvalue weighted by molar-refractivity contribution is -0.127. The van der Waals surface area contributed by atoms with Crippen molar-refractivity contribution in [1.82, 2.24) is 16.0 Å². The fourth-order valence-electron chi connectivity index (χ4n) is 2.40. The second-order valence-corrected chi connectivity index (χ2v) is 5.80. The van der Waals surface area contributed by atoms with Crippen molar-refractivity contribution in [2.75, 3.05) is 19.6 Å². The van der Waals surface area contributed by atoms with E-state index in [4.69, 9.17) is 0 Å². The smallest absolute Gasteiger partial charge is 0.239 e. The molecule has 1 unspecified atom stereocenters.